The Bertz CT molecular complexity index is 1380. The van der Waals surface area contributed by atoms with Gasteiger partial charge >= 0.3 is 5.97 Å². The topological polar surface area (TPSA) is 63.9 Å². The van der Waals surface area contributed by atoms with E-state index >= 15 is 0 Å². The molecule has 1 aliphatic heterocycles. The molecule has 1 atom stereocenters. The average molecular weight is 532 g/mol. The number of esters is 1. The summed E-state index contributed by atoms with van der Waals surface area (Å²) in [5.41, 5.74) is 2.77. The summed E-state index contributed by atoms with van der Waals surface area (Å²) in [6.45, 7) is 3.82. The molecule has 3 aromatic rings. The zero-order chi connectivity index (χ0) is 23.0. The lowest BCUT2D eigenvalue weighted by atomic mass is 10.0. The van der Waals surface area contributed by atoms with Crippen molar-refractivity contribution in [1.82, 2.24) is 4.57 Å². The smallest absolute Gasteiger partial charge is 0.338 e. The Kier molecular flexibility index (Phi) is 6.50. The van der Waals surface area contributed by atoms with Crippen LogP contribution in [0.25, 0.3) is 6.08 Å². The quantitative estimate of drug-likeness (QED) is 0.471. The van der Waals surface area contributed by atoms with Crippen LogP contribution in [0, 0.1) is 0 Å². The molecule has 0 aliphatic carbocycles. The number of nitrogens with zero attached hydrogens (tertiary/aromatic N) is 3. The highest BCUT2D eigenvalue weighted by Gasteiger charge is 2.33. The number of fused-ring (bicyclic) bond motifs is 1. The molecule has 1 aromatic carbocycles. The predicted octanol–water partition coefficient (Wildman–Crippen LogP) is 3.69. The molecule has 6 nitrogen and oxygen atoms in total. The summed E-state index contributed by atoms with van der Waals surface area (Å²) in [5.74, 6) is -0.440. The second-order valence-electron chi connectivity index (χ2n) is 7.42. The molecule has 0 amide bonds. The Morgan fingerprint density at radius 1 is 1.34 bits per heavy atom. The van der Waals surface area contributed by atoms with Gasteiger partial charge in [-0.1, -0.05) is 23.5 Å². The van der Waals surface area contributed by atoms with Crippen molar-refractivity contribution < 1.29 is 9.53 Å². The lowest BCUT2D eigenvalue weighted by Gasteiger charge is -2.23. The van der Waals surface area contributed by atoms with Crippen molar-refractivity contribution in [3.05, 3.63) is 81.6 Å². The maximum atomic E-state index is 13.5. The molecule has 0 saturated heterocycles. The van der Waals surface area contributed by atoms with Crippen LogP contribution >= 0.6 is 38.6 Å². The van der Waals surface area contributed by atoms with Gasteiger partial charge in [0.2, 0.25) is 0 Å². The van der Waals surface area contributed by atoms with E-state index in [2.05, 4.69) is 20.9 Å². The molecule has 0 spiro atoms. The molecule has 9 heteroatoms. The van der Waals surface area contributed by atoms with Gasteiger partial charge in [0.25, 0.3) is 5.56 Å². The first kappa shape index (κ1) is 22.7. The minimum Gasteiger partial charge on any atom is -0.463 e. The molecule has 2 aromatic heterocycles. The number of thiazole rings is 1. The molecule has 0 fully saturated rings. The highest BCUT2D eigenvalue weighted by atomic mass is 79.9. The van der Waals surface area contributed by atoms with Gasteiger partial charge in [-0.05, 0) is 65.0 Å². The van der Waals surface area contributed by atoms with Crippen LogP contribution in [-0.4, -0.2) is 31.2 Å². The molecule has 0 N–H and O–H groups in total. The summed E-state index contributed by atoms with van der Waals surface area (Å²) in [4.78, 5) is 34.4. The van der Waals surface area contributed by atoms with Crippen molar-refractivity contribution in [2.24, 2.45) is 4.99 Å². The van der Waals surface area contributed by atoms with Crippen molar-refractivity contribution in [2.75, 3.05) is 25.6 Å². The minimum absolute atomic E-state index is 0.172. The number of carbonyl (C=O) groups is 1. The van der Waals surface area contributed by atoms with E-state index < -0.39 is 12.0 Å². The molecular weight excluding hydrogens is 510 g/mol. The number of aromatic nitrogens is 1. The largest absolute Gasteiger partial charge is 0.463 e. The number of thiophene rings is 1. The standard InChI is InChI=1S/C23H22BrN3O3S2/c1-5-30-22(29)19-13(2)25-23-27(20(19)17-7-6-10-31-17)21(28)18(32-23)12-14-8-9-16(26(3)4)15(24)11-14/h6-12,20H,5H2,1-4H3/b18-12-/t20-/m0/s1. The summed E-state index contributed by atoms with van der Waals surface area (Å²) < 4.78 is 8.42. The summed E-state index contributed by atoms with van der Waals surface area (Å²) in [6, 6.07) is 9.27. The Labute approximate surface area is 201 Å². The van der Waals surface area contributed by atoms with Gasteiger partial charge in [-0.2, -0.15) is 0 Å². The summed E-state index contributed by atoms with van der Waals surface area (Å²) in [5, 5.41) is 1.94. The number of halogens is 1. The first-order valence-corrected chi connectivity index (χ1v) is 12.5. The number of anilines is 1. The SMILES string of the molecule is CCOC(=O)C1=C(C)N=c2s/c(=C\c3ccc(N(C)C)c(Br)c3)c(=O)n2[C@H]1c1cccs1. The van der Waals surface area contributed by atoms with Crippen molar-refractivity contribution in [1.29, 1.82) is 0 Å². The lowest BCUT2D eigenvalue weighted by Crippen LogP contribution is -2.39. The van der Waals surface area contributed by atoms with Crippen LogP contribution in [-0.2, 0) is 9.53 Å². The third-order valence-corrected chi connectivity index (χ3v) is 7.62. The fourth-order valence-electron chi connectivity index (χ4n) is 3.63. The van der Waals surface area contributed by atoms with E-state index in [9.17, 15) is 9.59 Å². The van der Waals surface area contributed by atoms with Crippen molar-refractivity contribution in [2.45, 2.75) is 19.9 Å². The predicted molar refractivity (Wildman–Crippen MR) is 133 cm³/mol. The molecule has 0 saturated carbocycles. The molecule has 166 valence electrons. The molecular formula is C23H22BrN3O3S2. The number of benzene rings is 1. The zero-order valence-corrected chi connectivity index (χ0v) is 21.3. The normalized spacial score (nSPS) is 16.0. The Morgan fingerprint density at radius 2 is 2.12 bits per heavy atom. The minimum atomic E-state index is -0.546. The Hall–Kier alpha value is -2.49. The Morgan fingerprint density at radius 3 is 2.75 bits per heavy atom. The zero-order valence-electron chi connectivity index (χ0n) is 18.1. The van der Waals surface area contributed by atoms with Gasteiger partial charge in [-0.3, -0.25) is 9.36 Å². The van der Waals surface area contributed by atoms with E-state index in [1.807, 2.05) is 60.8 Å². The fourth-order valence-corrected chi connectivity index (χ4v) is 6.26. The van der Waals surface area contributed by atoms with Crippen LogP contribution in [0.5, 0.6) is 0 Å². The number of allylic oxidation sites excluding steroid dienone is 1. The third-order valence-electron chi connectivity index (χ3n) is 5.08. The average Bonchev–Trinajstić information content (AvgIpc) is 3.36. The number of hydrogen-bond donors (Lipinski definition) is 0. The molecule has 4 rings (SSSR count). The molecule has 0 unspecified atom stereocenters. The van der Waals surface area contributed by atoms with E-state index in [4.69, 9.17) is 4.74 Å². The second-order valence-corrected chi connectivity index (χ2v) is 10.3. The van der Waals surface area contributed by atoms with E-state index in [1.54, 1.807) is 18.4 Å². The van der Waals surface area contributed by atoms with Gasteiger partial charge in [0.15, 0.2) is 4.80 Å². The molecule has 1 aliphatic rings. The highest BCUT2D eigenvalue weighted by Crippen LogP contribution is 2.33. The molecule has 3 heterocycles. The third kappa shape index (κ3) is 4.12. The van der Waals surface area contributed by atoms with Gasteiger partial charge in [0.05, 0.1) is 28.1 Å². The lowest BCUT2D eigenvalue weighted by molar-refractivity contribution is -0.139. The van der Waals surface area contributed by atoms with Crippen LogP contribution in [0.4, 0.5) is 5.69 Å². The van der Waals surface area contributed by atoms with Gasteiger partial charge in [-0.25, -0.2) is 9.79 Å². The van der Waals surface area contributed by atoms with E-state index in [1.165, 1.54) is 22.7 Å². The van der Waals surface area contributed by atoms with Crippen molar-refractivity contribution in [3.63, 3.8) is 0 Å². The Balaban J connectivity index is 1.89. The van der Waals surface area contributed by atoms with Crippen LogP contribution in [0.2, 0.25) is 0 Å². The number of carbonyl (C=O) groups excluding carboxylic acids is 1. The maximum absolute atomic E-state index is 13.5. The van der Waals surface area contributed by atoms with Gasteiger partial charge in [-0.15, -0.1) is 11.3 Å². The fraction of sp³-hybridized carbons (Fsp3) is 0.261. The van der Waals surface area contributed by atoms with Crippen molar-refractivity contribution >= 4 is 56.3 Å². The monoisotopic (exact) mass is 531 g/mol. The van der Waals surface area contributed by atoms with Gasteiger partial charge < -0.3 is 9.64 Å². The van der Waals surface area contributed by atoms with E-state index in [-0.39, 0.29) is 12.2 Å². The van der Waals surface area contributed by atoms with E-state index in [0.29, 0.717) is 20.6 Å². The van der Waals surface area contributed by atoms with Crippen LogP contribution in [0.3, 0.4) is 0 Å². The van der Waals surface area contributed by atoms with Crippen LogP contribution in [0.15, 0.2) is 61.2 Å². The summed E-state index contributed by atoms with van der Waals surface area (Å²) >= 11 is 6.43. The second kappa shape index (κ2) is 9.17. The number of ether oxygens (including phenoxy) is 1. The van der Waals surface area contributed by atoms with Crippen LogP contribution < -0.4 is 19.8 Å². The van der Waals surface area contributed by atoms with E-state index in [0.717, 1.165) is 20.6 Å². The molecule has 0 radical (unpaired) electrons. The molecule has 32 heavy (non-hydrogen) atoms. The highest BCUT2D eigenvalue weighted by molar-refractivity contribution is 9.10. The van der Waals surface area contributed by atoms with Gasteiger partial charge in [0.1, 0.15) is 6.04 Å². The van der Waals surface area contributed by atoms with Crippen LogP contribution in [0.1, 0.15) is 30.3 Å². The summed E-state index contributed by atoms with van der Waals surface area (Å²) in [7, 11) is 3.96. The number of rotatable bonds is 5. The first-order valence-electron chi connectivity index (χ1n) is 10.0. The van der Waals surface area contributed by atoms with Crippen molar-refractivity contribution in [3.8, 4) is 0 Å². The number of hydrogen-bond acceptors (Lipinski definition) is 7. The first-order chi connectivity index (χ1) is 15.3. The maximum Gasteiger partial charge on any atom is 0.338 e. The van der Waals surface area contributed by atoms with Gasteiger partial charge in [0, 0.05) is 23.4 Å². The molecule has 0 bridgehead atoms. The summed E-state index contributed by atoms with van der Waals surface area (Å²) in [6.07, 6.45) is 1.86.